The van der Waals surface area contributed by atoms with Crippen molar-refractivity contribution in [2.45, 2.75) is 19.3 Å². The molecule has 0 aromatic carbocycles. The highest BCUT2D eigenvalue weighted by molar-refractivity contribution is 5.49. The normalized spacial score (nSPS) is 41.8. The average Bonchev–Trinajstić information content (AvgIpc) is 2.46. The third kappa shape index (κ3) is 0.676. The van der Waals surface area contributed by atoms with E-state index in [2.05, 4.69) is 12.2 Å². The summed E-state index contributed by atoms with van der Waals surface area (Å²) in [5, 5.41) is 0. The van der Waals surface area contributed by atoms with Crippen LogP contribution in [0.1, 0.15) is 19.3 Å². The summed E-state index contributed by atoms with van der Waals surface area (Å²) in [6.07, 6.45) is 9.67. The number of fused-ring (bicyclic) bond motifs is 2. The van der Waals surface area contributed by atoms with Crippen LogP contribution in [0.2, 0.25) is 0 Å². The molecule has 2 aliphatic carbocycles. The lowest BCUT2D eigenvalue weighted by Crippen LogP contribution is -2.06. The Bertz CT molecular complexity index is 223. The standard InChI is InChI=1S/C9H10O/c10-6-5-9-3-1-8(7-9)2-4-9/h1,3,5,8H,2,4,7H2. The number of hydrogen-bond donors (Lipinski definition) is 0. The van der Waals surface area contributed by atoms with E-state index in [1.54, 1.807) is 6.08 Å². The molecule has 0 aromatic heterocycles. The van der Waals surface area contributed by atoms with E-state index in [9.17, 15) is 4.79 Å². The molecule has 0 N–H and O–H groups in total. The van der Waals surface area contributed by atoms with Gasteiger partial charge < -0.3 is 0 Å². The molecule has 0 radical (unpaired) electrons. The first-order valence-corrected chi connectivity index (χ1v) is 3.76. The molecular weight excluding hydrogens is 124 g/mol. The van der Waals surface area contributed by atoms with Gasteiger partial charge in [-0.2, -0.15) is 0 Å². The predicted octanol–water partition coefficient (Wildman–Crippen LogP) is 1.73. The zero-order chi connectivity index (χ0) is 7.03. The van der Waals surface area contributed by atoms with E-state index in [1.165, 1.54) is 6.42 Å². The van der Waals surface area contributed by atoms with Crippen LogP contribution in [0.5, 0.6) is 0 Å². The van der Waals surface area contributed by atoms with Crippen LogP contribution in [-0.4, -0.2) is 5.94 Å². The van der Waals surface area contributed by atoms with E-state index in [-0.39, 0.29) is 5.41 Å². The minimum Gasteiger partial charge on any atom is -0.234 e. The third-order valence-corrected chi connectivity index (χ3v) is 2.67. The van der Waals surface area contributed by atoms with Crippen LogP contribution < -0.4 is 0 Å². The fraction of sp³-hybridized carbons (Fsp3) is 0.556. The number of hydrogen-bond acceptors (Lipinski definition) is 1. The summed E-state index contributed by atoms with van der Waals surface area (Å²) in [5.41, 5.74) is 0.131. The molecule has 1 saturated carbocycles. The van der Waals surface area contributed by atoms with Crippen LogP contribution >= 0.6 is 0 Å². The molecule has 2 rings (SSSR count). The van der Waals surface area contributed by atoms with E-state index in [4.69, 9.17) is 0 Å². The SMILES string of the molecule is O=C=CC12C=CC(CC1)C2. The van der Waals surface area contributed by atoms with Crippen LogP contribution in [0.15, 0.2) is 18.2 Å². The van der Waals surface area contributed by atoms with Crippen molar-refractivity contribution in [3.05, 3.63) is 18.2 Å². The fourth-order valence-corrected chi connectivity index (χ4v) is 2.09. The van der Waals surface area contributed by atoms with Crippen molar-refractivity contribution in [3.63, 3.8) is 0 Å². The third-order valence-electron chi connectivity index (χ3n) is 2.67. The number of allylic oxidation sites excluding steroid dienone is 3. The van der Waals surface area contributed by atoms with Gasteiger partial charge in [0.2, 0.25) is 0 Å². The fourth-order valence-electron chi connectivity index (χ4n) is 2.09. The van der Waals surface area contributed by atoms with E-state index in [0.29, 0.717) is 0 Å². The topological polar surface area (TPSA) is 17.1 Å². The molecule has 0 saturated heterocycles. The molecule has 1 heteroatoms. The van der Waals surface area contributed by atoms with Gasteiger partial charge in [0.25, 0.3) is 0 Å². The molecule has 1 fully saturated rings. The second kappa shape index (κ2) is 1.83. The zero-order valence-corrected chi connectivity index (χ0v) is 5.84. The second-order valence-corrected chi connectivity index (χ2v) is 3.36. The summed E-state index contributed by atoms with van der Waals surface area (Å²) < 4.78 is 0. The summed E-state index contributed by atoms with van der Waals surface area (Å²) in [4.78, 5) is 10.1. The molecule has 0 spiro atoms. The lowest BCUT2D eigenvalue weighted by Gasteiger charge is -2.14. The molecule has 2 aliphatic rings. The van der Waals surface area contributed by atoms with Gasteiger partial charge >= 0.3 is 0 Å². The van der Waals surface area contributed by atoms with Gasteiger partial charge in [-0.1, -0.05) is 12.2 Å². The molecule has 52 valence electrons. The summed E-state index contributed by atoms with van der Waals surface area (Å²) in [6.45, 7) is 0. The van der Waals surface area contributed by atoms with Gasteiger partial charge in [-0.05, 0) is 25.2 Å². The van der Waals surface area contributed by atoms with Gasteiger partial charge in [-0.25, -0.2) is 4.79 Å². The van der Waals surface area contributed by atoms with Gasteiger partial charge in [0.1, 0.15) is 5.94 Å². The van der Waals surface area contributed by atoms with E-state index in [1.807, 2.05) is 5.94 Å². The Hall–Kier alpha value is -0.810. The lowest BCUT2D eigenvalue weighted by atomic mass is 9.88. The molecule has 10 heavy (non-hydrogen) atoms. The van der Waals surface area contributed by atoms with Crippen LogP contribution in [0.25, 0.3) is 0 Å². The van der Waals surface area contributed by atoms with E-state index < -0.39 is 0 Å². The summed E-state index contributed by atoms with van der Waals surface area (Å²) in [5.74, 6) is 2.66. The highest BCUT2D eigenvalue weighted by Gasteiger charge is 2.38. The first kappa shape index (κ1) is 5.94. The Labute approximate surface area is 60.4 Å². The van der Waals surface area contributed by atoms with Gasteiger partial charge in [-0.3, -0.25) is 0 Å². The molecule has 2 unspecified atom stereocenters. The van der Waals surface area contributed by atoms with Crippen molar-refractivity contribution in [1.29, 1.82) is 0 Å². The van der Waals surface area contributed by atoms with Gasteiger partial charge in [0, 0.05) is 11.5 Å². The van der Waals surface area contributed by atoms with Gasteiger partial charge in [-0.15, -0.1) is 0 Å². The molecule has 2 bridgehead atoms. The Balaban J connectivity index is 2.32. The summed E-state index contributed by atoms with van der Waals surface area (Å²) in [6, 6.07) is 0. The highest BCUT2D eigenvalue weighted by atomic mass is 16.1. The van der Waals surface area contributed by atoms with Crippen LogP contribution in [-0.2, 0) is 4.79 Å². The minimum atomic E-state index is 0.131. The lowest BCUT2D eigenvalue weighted by molar-refractivity contribution is 0.516. The smallest absolute Gasteiger partial charge is 0.120 e. The Morgan fingerprint density at radius 1 is 1.70 bits per heavy atom. The minimum absolute atomic E-state index is 0.131. The molecule has 0 heterocycles. The van der Waals surface area contributed by atoms with Crippen molar-refractivity contribution >= 4 is 5.94 Å². The first-order valence-electron chi connectivity index (χ1n) is 3.76. The highest BCUT2D eigenvalue weighted by Crippen LogP contribution is 2.49. The van der Waals surface area contributed by atoms with Gasteiger partial charge in [0.15, 0.2) is 0 Å². The molecule has 1 nitrogen and oxygen atoms in total. The molecule has 2 atom stereocenters. The summed E-state index contributed by atoms with van der Waals surface area (Å²) in [7, 11) is 0. The maximum Gasteiger partial charge on any atom is 0.120 e. The largest absolute Gasteiger partial charge is 0.234 e. The quantitative estimate of drug-likeness (QED) is 0.394. The zero-order valence-electron chi connectivity index (χ0n) is 5.84. The average molecular weight is 134 g/mol. The molecule has 0 aliphatic heterocycles. The van der Waals surface area contributed by atoms with Gasteiger partial charge in [0.05, 0.1) is 0 Å². The van der Waals surface area contributed by atoms with Crippen molar-refractivity contribution in [3.8, 4) is 0 Å². The van der Waals surface area contributed by atoms with E-state index in [0.717, 1.165) is 18.8 Å². The number of carbonyl (C=O) groups excluding carboxylic acids is 1. The monoisotopic (exact) mass is 134 g/mol. The van der Waals surface area contributed by atoms with Crippen LogP contribution in [0.4, 0.5) is 0 Å². The molecular formula is C9H10O. The van der Waals surface area contributed by atoms with E-state index >= 15 is 0 Å². The maximum atomic E-state index is 10.1. The van der Waals surface area contributed by atoms with Crippen LogP contribution in [0, 0.1) is 11.3 Å². The Morgan fingerprint density at radius 3 is 3.00 bits per heavy atom. The summed E-state index contributed by atoms with van der Waals surface area (Å²) >= 11 is 0. The maximum absolute atomic E-state index is 10.1. The first-order chi connectivity index (χ1) is 4.85. The van der Waals surface area contributed by atoms with Crippen molar-refractivity contribution in [2.24, 2.45) is 11.3 Å². The number of rotatable bonds is 1. The molecule has 0 aromatic rings. The van der Waals surface area contributed by atoms with Crippen molar-refractivity contribution < 1.29 is 4.79 Å². The van der Waals surface area contributed by atoms with Crippen molar-refractivity contribution in [1.82, 2.24) is 0 Å². The van der Waals surface area contributed by atoms with Crippen LogP contribution in [0.3, 0.4) is 0 Å². The molecule has 0 amide bonds. The Kier molecular flexibility index (Phi) is 1.09. The Morgan fingerprint density at radius 2 is 2.60 bits per heavy atom. The van der Waals surface area contributed by atoms with Crippen molar-refractivity contribution in [2.75, 3.05) is 0 Å². The predicted molar refractivity (Wildman–Crippen MR) is 39.2 cm³/mol. The second-order valence-electron chi connectivity index (χ2n) is 3.36.